The molecule has 9 heteroatoms. The molecular formula is C14H11ClF3NO4. The molecule has 1 fully saturated rings. The Labute approximate surface area is 134 Å². The minimum Gasteiger partial charge on any atom is -0.419 e. The molecule has 0 atom stereocenters. The topological polar surface area (TPSA) is 64.6 Å². The van der Waals surface area contributed by atoms with Crippen LogP contribution in [0.4, 0.5) is 18.9 Å². The van der Waals surface area contributed by atoms with E-state index in [-0.39, 0.29) is 10.7 Å². The van der Waals surface area contributed by atoms with E-state index >= 15 is 0 Å². The Kier molecular flexibility index (Phi) is 4.30. The molecule has 0 aromatic heterocycles. The highest BCUT2D eigenvalue weighted by atomic mass is 35.5. The van der Waals surface area contributed by atoms with Crippen LogP contribution in [-0.4, -0.2) is 17.7 Å². The second-order valence-corrected chi connectivity index (χ2v) is 5.48. The van der Waals surface area contributed by atoms with E-state index in [9.17, 15) is 22.8 Å². The number of rotatable bonds is 2. The van der Waals surface area contributed by atoms with Crippen molar-refractivity contribution in [3.63, 3.8) is 0 Å². The van der Waals surface area contributed by atoms with Gasteiger partial charge in [-0.25, -0.2) is 9.59 Å². The largest absolute Gasteiger partial charge is 0.419 e. The van der Waals surface area contributed by atoms with Crippen molar-refractivity contribution in [1.82, 2.24) is 0 Å². The third kappa shape index (κ3) is 3.95. The average molecular weight is 350 g/mol. The van der Waals surface area contributed by atoms with Gasteiger partial charge in [0.05, 0.1) is 16.3 Å². The van der Waals surface area contributed by atoms with Crippen molar-refractivity contribution < 1.29 is 32.2 Å². The zero-order chi connectivity index (χ0) is 17.4. The van der Waals surface area contributed by atoms with E-state index in [0.717, 1.165) is 24.4 Å². The van der Waals surface area contributed by atoms with Gasteiger partial charge in [0.1, 0.15) is 0 Å². The Morgan fingerprint density at radius 2 is 1.74 bits per heavy atom. The van der Waals surface area contributed by atoms with Gasteiger partial charge in [-0.1, -0.05) is 11.6 Å². The normalized spacial score (nSPS) is 17.4. The number of nitrogens with one attached hydrogen (secondary N) is 1. The summed E-state index contributed by atoms with van der Waals surface area (Å²) in [6.45, 7) is 2.78. The molecule has 1 aliphatic heterocycles. The van der Waals surface area contributed by atoms with Crippen molar-refractivity contribution in [3.8, 4) is 0 Å². The number of cyclic esters (lactones) is 2. The van der Waals surface area contributed by atoms with E-state index in [4.69, 9.17) is 21.1 Å². The van der Waals surface area contributed by atoms with E-state index in [1.807, 2.05) is 0 Å². The Hall–Kier alpha value is -2.22. The molecule has 0 spiro atoms. The molecule has 23 heavy (non-hydrogen) atoms. The van der Waals surface area contributed by atoms with Gasteiger partial charge in [0.25, 0.3) is 5.79 Å². The van der Waals surface area contributed by atoms with Crippen LogP contribution in [0, 0.1) is 0 Å². The second kappa shape index (κ2) is 5.77. The van der Waals surface area contributed by atoms with Crippen LogP contribution in [0.5, 0.6) is 0 Å². The van der Waals surface area contributed by atoms with E-state index in [0.29, 0.717) is 0 Å². The Morgan fingerprint density at radius 3 is 2.22 bits per heavy atom. The summed E-state index contributed by atoms with van der Waals surface area (Å²) < 4.78 is 47.3. The van der Waals surface area contributed by atoms with Gasteiger partial charge in [-0.05, 0) is 18.2 Å². The monoisotopic (exact) mass is 349 g/mol. The van der Waals surface area contributed by atoms with Crippen LogP contribution in [0.3, 0.4) is 0 Å². The summed E-state index contributed by atoms with van der Waals surface area (Å²) in [6.07, 6.45) is -3.56. The Morgan fingerprint density at radius 1 is 1.17 bits per heavy atom. The molecule has 2 rings (SSSR count). The summed E-state index contributed by atoms with van der Waals surface area (Å²) in [7, 11) is 0. The molecular weight excluding hydrogens is 339 g/mol. The van der Waals surface area contributed by atoms with E-state index in [1.165, 1.54) is 13.8 Å². The van der Waals surface area contributed by atoms with Crippen LogP contribution in [0.2, 0.25) is 5.02 Å². The standard InChI is InChI=1S/C14H11ClF3NO4/c1-13(2)22-11(20)8(12(21)23-13)6-19-10-4-3-7(5-9(10)15)14(16,17)18/h3-6,19H,1-2H3. The fourth-order valence-electron chi connectivity index (χ4n) is 1.74. The van der Waals surface area contributed by atoms with Crippen molar-refractivity contribution >= 4 is 29.2 Å². The predicted molar refractivity (Wildman–Crippen MR) is 74.4 cm³/mol. The summed E-state index contributed by atoms with van der Waals surface area (Å²) in [4.78, 5) is 23.4. The van der Waals surface area contributed by atoms with Gasteiger partial charge in [-0.15, -0.1) is 0 Å². The van der Waals surface area contributed by atoms with Crippen LogP contribution in [0.15, 0.2) is 30.0 Å². The highest BCUT2D eigenvalue weighted by Crippen LogP contribution is 2.34. The average Bonchev–Trinajstić information content (AvgIpc) is 2.36. The molecule has 0 aliphatic carbocycles. The highest BCUT2D eigenvalue weighted by molar-refractivity contribution is 6.33. The molecule has 1 aromatic rings. The first-order valence-electron chi connectivity index (χ1n) is 6.30. The third-order valence-corrected chi connectivity index (χ3v) is 3.10. The zero-order valence-corrected chi connectivity index (χ0v) is 12.7. The van der Waals surface area contributed by atoms with Gasteiger partial charge in [0.15, 0.2) is 5.57 Å². The number of hydrogen-bond acceptors (Lipinski definition) is 5. The third-order valence-electron chi connectivity index (χ3n) is 2.79. The first-order valence-corrected chi connectivity index (χ1v) is 6.67. The molecule has 0 saturated carbocycles. The second-order valence-electron chi connectivity index (χ2n) is 5.07. The summed E-state index contributed by atoms with van der Waals surface area (Å²) in [5.41, 5.74) is -1.27. The zero-order valence-electron chi connectivity index (χ0n) is 12.0. The number of esters is 2. The lowest BCUT2D eigenvalue weighted by atomic mass is 10.2. The number of ether oxygens (including phenoxy) is 2. The van der Waals surface area contributed by atoms with Crippen molar-refractivity contribution in [2.75, 3.05) is 5.32 Å². The fraction of sp³-hybridized carbons (Fsp3) is 0.286. The van der Waals surface area contributed by atoms with Gasteiger partial charge in [0.2, 0.25) is 0 Å². The summed E-state index contributed by atoms with van der Waals surface area (Å²) in [5.74, 6) is -3.21. The smallest absolute Gasteiger partial charge is 0.416 e. The van der Waals surface area contributed by atoms with Gasteiger partial charge >= 0.3 is 18.1 Å². The first-order chi connectivity index (χ1) is 10.5. The molecule has 0 amide bonds. The number of halogens is 4. The van der Waals surface area contributed by atoms with Crippen LogP contribution in [0.25, 0.3) is 0 Å². The maximum absolute atomic E-state index is 12.5. The number of anilines is 1. The maximum atomic E-state index is 12.5. The minimum atomic E-state index is -4.52. The highest BCUT2D eigenvalue weighted by Gasteiger charge is 2.39. The lowest BCUT2D eigenvalue weighted by molar-refractivity contribution is -0.222. The molecule has 124 valence electrons. The van der Waals surface area contributed by atoms with Gasteiger partial charge in [-0.2, -0.15) is 13.2 Å². The minimum absolute atomic E-state index is 0.0811. The van der Waals surface area contributed by atoms with E-state index in [1.54, 1.807) is 0 Å². The van der Waals surface area contributed by atoms with Gasteiger partial charge < -0.3 is 14.8 Å². The fourth-order valence-corrected chi connectivity index (χ4v) is 1.97. The van der Waals surface area contributed by atoms with Crippen molar-refractivity contribution in [2.24, 2.45) is 0 Å². The van der Waals surface area contributed by atoms with Crippen molar-refractivity contribution in [3.05, 3.63) is 40.6 Å². The predicted octanol–water partition coefficient (Wildman–Crippen LogP) is 3.49. The molecule has 1 saturated heterocycles. The van der Waals surface area contributed by atoms with Crippen LogP contribution < -0.4 is 5.32 Å². The van der Waals surface area contributed by atoms with Crippen molar-refractivity contribution in [1.29, 1.82) is 0 Å². The van der Waals surface area contributed by atoms with E-state index < -0.39 is 35.0 Å². The lowest BCUT2D eigenvalue weighted by Gasteiger charge is -2.29. The van der Waals surface area contributed by atoms with Crippen LogP contribution >= 0.6 is 11.6 Å². The van der Waals surface area contributed by atoms with Crippen LogP contribution in [0.1, 0.15) is 19.4 Å². The number of alkyl halides is 3. The van der Waals surface area contributed by atoms with Crippen LogP contribution in [-0.2, 0) is 25.2 Å². The SMILES string of the molecule is CC1(C)OC(=O)C(=CNc2ccc(C(F)(F)F)cc2Cl)C(=O)O1. The lowest BCUT2D eigenvalue weighted by Crippen LogP contribution is -2.42. The number of hydrogen-bond donors (Lipinski definition) is 1. The summed E-state index contributed by atoms with van der Waals surface area (Å²) in [5, 5.41) is 2.26. The molecule has 0 unspecified atom stereocenters. The van der Waals surface area contributed by atoms with Crippen molar-refractivity contribution in [2.45, 2.75) is 25.8 Å². The van der Waals surface area contributed by atoms with E-state index in [2.05, 4.69) is 5.32 Å². The first kappa shape index (κ1) is 17.1. The molecule has 1 aliphatic rings. The van der Waals surface area contributed by atoms with Gasteiger partial charge in [-0.3, -0.25) is 0 Å². The molecule has 1 heterocycles. The number of carbonyl (C=O) groups excluding carboxylic acids is 2. The molecule has 5 nitrogen and oxygen atoms in total. The quantitative estimate of drug-likeness (QED) is 0.503. The summed E-state index contributed by atoms with van der Waals surface area (Å²) >= 11 is 5.75. The number of benzene rings is 1. The summed E-state index contributed by atoms with van der Waals surface area (Å²) in [6, 6.07) is 2.61. The van der Waals surface area contributed by atoms with Gasteiger partial charge in [0, 0.05) is 20.0 Å². The Balaban J connectivity index is 2.20. The molecule has 1 N–H and O–H groups in total. The molecule has 0 radical (unpaired) electrons. The number of carbonyl (C=O) groups is 2. The maximum Gasteiger partial charge on any atom is 0.416 e. The molecule has 0 bridgehead atoms. The Bertz CT molecular complexity index is 676. The molecule has 1 aromatic carbocycles.